The molecule has 0 fully saturated rings. The van der Waals surface area contributed by atoms with Crippen LogP contribution in [0, 0.1) is 0 Å². The summed E-state index contributed by atoms with van der Waals surface area (Å²) in [5.74, 6) is 0.0776. The maximum absolute atomic E-state index is 12.2. The second kappa shape index (κ2) is 9.21. The quantitative estimate of drug-likeness (QED) is 0.604. The van der Waals surface area contributed by atoms with Crippen LogP contribution in [-0.2, 0) is 17.8 Å². The van der Waals surface area contributed by atoms with Gasteiger partial charge in [-0.3, -0.25) is 14.7 Å². The van der Waals surface area contributed by atoms with Crippen LogP contribution in [-0.4, -0.2) is 41.7 Å². The Morgan fingerprint density at radius 2 is 2.04 bits per heavy atom. The molecule has 1 aromatic heterocycles. The number of aromatic nitrogens is 2. The van der Waals surface area contributed by atoms with E-state index < -0.39 is 0 Å². The van der Waals surface area contributed by atoms with E-state index in [1.807, 2.05) is 6.92 Å². The highest BCUT2D eigenvalue weighted by molar-refractivity contribution is 5.99. The number of benzene rings is 1. The molecule has 0 saturated heterocycles. The van der Waals surface area contributed by atoms with E-state index in [0.717, 1.165) is 30.0 Å². The van der Waals surface area contributed by atoms with Crippen molar-refractivity contribution in [2.24, 2.45) is 0 Å². The van der Waals surface area contributed by atoms with Gasteiger partial charge in [-0.15, -0.1) is 12.4 Å². The fraction of sp³-hybridized carbons (Fsp3) is 0.353. The van der Waals surface area contributed by atoms with Gasteiger partial charge in [-0.05, 0) is 31.2 Å². The van der Waals surface area contributed by atoms with Gasteiger partial charge in [-0.2, -0.15) is 5.10 Å². The maximum Gasteiger partial charge on any atom is 0.272 e. The summed E-state index contributed by atoms with van der Waals surface area (Å²) in [4.78, 5) is 24.2. The van der Waals surface area contributed by atoms with Crippen molar-refractivity contribution in [3.05, 3.63) is 41.2 Å². The number of aromatic amines is 1. The summed E-state index contributed by atoms with van der Waals surface area (Å²) >= 11 is 0. The summed E-state index contributed by atoms with van der Waals surface area (Å²) in [6.07, 6.45) is 0.813. The van der Waals surface area contributed by atoms with Crippen LogP contribution in [0.1, 0.15) is 28.7 Å². The molecule has 0 unspecified atom stereocenters. The highest BCUT2D eigenvalue weighted by Gasteiger charge is 2.21. The summed E-state index contributed by atoms with van der Waals surface area (Å²) in [6, 6.07) is 7.06. The summed E-state index contributed by atoms with van der Waals surface area (Å²) in [6.45, 7) is 3.84. The van der Waals surface area contributed by atoms with Crippen LogP contribution in [0.4, 0.5) is 5.69 Å². The van der Waals surface area contributed by atoms with Crippen molar-refractivity contribution in [3.8, 4) is 5.75 Å². The number of hydrogen-bond acceptors (Lipinski definition) is 5. The first-order chi connectivity index (χ1) is 12.2. The lowest BCUT2D eigenvalue weighted by Crippen LogP contribution is -2.34. The molecule has 0 spiro atoms. The molecular formula is C17H22ClN5O3. The zero-order chi connectivity index (χ0) is 17.6. The molecule has 4 N–H and O–H groups in total. The predicted molar refractivity (Wildman–Crippen MR) is 99.8 cm³/mol. The number of H-pyrrole nitrogens is 1. The molecular weight excluding hydrogens is 358 g/mol. The van der Waals surface area contributed by atoms with E-state index in [-0.39, 0.29) is 30.8 Å². The van der Waals surface area contributed by atoms with E-state index in [1.165, 1.54) is 0 Å². The number of anilines is 1. The zero-order valence-electron chi connectivity index (χ0n) is 14.4. The molecule has 9 heteroatoms. The fourth-order valence-electron chi connectivity index (χ4n) is 2.66. The van der Waals surface area contributed by atoms with E-state index in [2.05, 4.69) is 26.1 Å². The van der Waals surface area contributed by atoms with Crippen LogP contribution >= 0.6 is 12.4 Å². The first-order valence-corrected chi connectivity index (χ1v) is 8.25. The van der Waals surface area contributed by atoms with Crippen molar-refractivity contribution in [3.63, 3.8) is 0 Å². The monoisotopic (exact) mass is 379 g/mol. The normalized spacial score (nSPS) is 12.5. The molecule has 1 aromatic carbocycles. The van der Waals surface area contributed by atoms with Crippen LogP contribution in [0.2, 0.25) is 0 Å². The van der Waals surface area contributed by atoms with Crippen LogP contribution in [0.25, 0.3) is 0 Å². The van der Waals surface area contributed by atoms with Crippen LogP contribution in [0.3, 0.4) is 0 Å². The summed E-state index contributed by atoms with van der Waals surface area (Å²) in [5, 5.41) is 15.5. The fourth-order valence-corrected chi connectivity index (χ4v) is 2.66. The zero-order valence-corrected chi connectivity index (χ0v) is 15.2. The molecule has 0 atom stereocenters. The minimum atomic E-state index is -0.358. The number of rotatable bonds is 6. The number of carbonyl (C=O) groups is 2. The number of nitrogens with zero attached hydrogens (tertiary/aromatic N) is 1. The van der Waals surface area contributed by atoms with E-state index in [1.54, 1.807) is 24.3 Å². The van der Waals surface area contributed by atoms with Gasteiger partial charge in [0.05, 0.1) is 13.2 Å². The molecule has 0 saturated carbocycles. The molecule has 140 valence electrons. The predicted octanol–water partition coefficient (Wildman–Crippen LogP) is 1.24. The third kappa shape index (κ3) is 4.74. The summed E-state index contributed by atoms with van der Waals surface area (Å²) < 4.78 is 5.35. The van der Waals surface area contributed by atoms with Crippen molar-refractivity contribution < 1.29 is 14.3 Å². The Labute approximate surface area is 157 Å². The van der Waals surface area contributed by atoms with Gasteiger partial charge < -0.3 is 20.7 Å². The lowest BCUT2D eigenvalue weighted by atomic mass is 10.1. The number of ether oxygens (including phenoxy) is 1. The average Bonchev–Trinajstić information content (AvgIpc) is 3.06. The van der Waals surface area contributed by atoms with Gasteiger partial charge in [-0.25, -0.2) is 0 Å². The van der Waals surface area contributed by atoms with Gasteiger partial charge in [0.2, 0.25) is 5.91 Å². The van der Waals surface area contributed by atoms with Crippen LogP contribution < -0.4 is 20.7 Å². The molecule has 26 heavy (non-hydrogen) atoms. The third-order valence-corrected chi connectivity index (χ3v) is 3.88. The molecule has 0 bridgehead atoms. The standard InChI is InChI=1S/C17H21N5O3.ClH/c1-2-25-12-5-3-11(4-6-12)20-15(23)10-19-17(24)16-13-9-18-8-7-14(13)21-22-16;/h3-6,18H,2,7-10H2,1H3,(H,19,24)(H,20,23)(H,21,22);1H. The van der Waals surface area contributed by atoms with Crippen molar-refractivity contribution in [2.75, 3.05) is 25.0 Å². The van der Waals surface area contributed by atoms with Crippen molar-refractivity contribution in [1.82, 2.24) is 20.8 Å². The molecule has 8 nitrogen and oxygen atoms in total. The minimum absolute atomic E-state index is 0. The van der Waals surface area contributed by atoms with E-state index in [9.17, 15) is 9.59 Å². The molecule has 0 radical (unpaired) electrons. The average molecular weight is 380 g/mol. The largest absolute Gasteiger partial charge is 0.494 e. The second-order valence-electron chi connectivity index (χ2n) is 5.64. The van der Waals surface area contributed by atoms with Crippen molar-refractivity contribution >= 4 is 29.9 Å². The number of hydrogen-bond donors (Lipinski definition) is 4. The molecule has 0 aliphatic carbocycles. The molecule has 3 rings (SSSR count). The molecule has 1 aliphatic rings. The number of carbonyl (C=O) groups excluding carboxylic acids is 2. The Bertz CT molecular complexity index is 760. The van der Waals surface area contributed by atoms with Gasteiger partial charge in [0, 0.05) is 36.5 Å². The maximum atomic E-state index is 12.2. The van der Waals surface area contributed by atoms with E-state index >= 15 is 0 Å². The van der Waals surface area contributed by atoms with E-state index in [4.69, 9.17) is 4.74 Å². The minimum Gasteiger partial charge on any atom is -0.494 e. The number of fused-ring (bicyclic) bond motifs is 1. The third-order valence-electron chi connectivity index (χ3n) is 3.88. The van der Waals surface area contributed by atoms with Crippen molar-refractivity contribution in [1.29, 1.82) is 0 Å². The van der Waals surface area contributed by atoms with Gasteiger partial charge in [0.25, 0.3) is 5.91 Å². The Morgan fingerprint density at radius 1 is 1.27 bits per heavy atom. The van der Waals surface area contributed by atoms with Gasteiger partial charge in [0.1, 0.15) is 5.75 Å². The highest BCUT2D eigenvalue weighted by atomic mass is 35.5. The highest BCUT2D eigenvalue weighted by Crippen LogP contribution is 2.16. The summed E-state index contributed by atoms with van der Waals surface area (Å²) in [7, 11) is 0. The molecule has 2 amide bonds. The smallest absolute Gasteiger partial charge is 0.272 e. The number of amides is 2. The first kappa shape index (κ1) is 19.7. The molecule has 2 heterocycles. The van der Waals surface area contributed by atoms with Gasteiger partial charge in [-0.1, -0.05) is 0 Å². The number of nitrogens with one attached hydrogen (secondary N) is 4. The molecule has 2 aromatic rings. The Kier molecular flexibility index (Phi) is 6.99. The topological polar surface area (TPSA) is 108 Å². The SMILES string of the molecule is CCOc1ccc(NC(=O)CNC(=O)c2n[nH]c3c2CNCC3)cc1.Cl. The summed E-state index contributed by atoms with van der Waals surface area (Å²) in [5.41, 5.74) is 2.83. The lowest BCUT2D eigenvalue weighted by Gasteiger charge is -2.13. The Morgan fingerprint density at radius 3 is 2.77 bits per heavy atom. The van der Waals surface area contributed by atoms with Gasteiger partial charge in [0.15, 0.2) is 5.69 Å². The van der Waals surface area contributed by atoms with Crippen LogP contribution in [0.15, 0.2) is 24.3 Å². The van der Waals surface area contributed by atoms with Crippen molar-refractivity contribution in [2.45, 2.75) is 19.9 Å². The second-order valence-corrected chi connectivity index (χ2v) is 5.64. The Balaban J connectivity index is 0.00000243. The number of halogens is 1. The van der Waals surface area contributed by atoms with E-state index in [0.29, 0.717) is 24.5 Å². The molecule has 1 aliphatic heterocycles. The Hall–Kier alpha value is -2.58. The first-order valence-electron chi connectivity index (χ1n) is 8.25. The van der Waals surface area contributed by atoms with Gasteiger partial charge >= 0.3 is 0 Å². The van der Waals surface area contributed by atoms with Crippen LogP contribution in [0.5, 0.6) is 5.75 Å². The lowest BCUT2D eigenvalue weighted by molar-refractivity contribution is -0.115.